The van der Waals surface area contributed by atoms with E-state index in [9.17, 15) is 18.4 Å². The minimum atomic E-state index is -1.93. The Kier molecular flexibility index (Phi) is 4.35. The number of ether oxygens (including phenoxy) is 1. The predicted molar refractivity (Wildman–Crippen MR) is 90.9 cm³/mol. The summed E-state index contributed by atoms with van der Waals surface area (Å²) in [4.78, 5) is 31.2. The topological polar surface area (TPSA) is 71.5 Å². The van der Waals surface area contributed by atoms with Crippen LogP contribution in [0.3, 0.4) is 0 Å². The molecule has 0 saturated heterocycles. The first kappa shape index (κ1) is 17.8. The third-order valence-electron chi connectivity index (χ3n) is 4.05. The lowest BCUT2D eigenvalue weighted by Gasteiger charge is -2.40. The number of fused-ring (bicyclic) bond motifs is 1. The van der Waals surface area contributed by atoms with Gasteiger partial charge >= 0.3 is 0 Å². The molecule has 1 unspecified atom stereocenters. The van der Waals surface area contributed by atoms with Gasteiger partial charge in [-0.3, -0.25) is 14.5 Å². The number of aromatic nitrogens is 1. The molecule has 1 aliphatic heterocycles. The van der Waals surface area contributed by atoms with Gasteiger partial charge in [0.1, 0.15) is 11.6 Å². The van der Waals surface area contributed by atoms with Crippen molar-refractivity contribution < 1.29 is 23.1 Å². The van der Waals surface area contributed by atoms with Gasteiger partial charge in [0.25, 0.3) is 17.4 Å². The molecule has 1 atom stereocenters. The molecule has 0 aliphatic carbocycles. The van der Waals surface area contributed by atoms with E-state index in [-0.39, 0.29) is 17.5 Å². The summed E-state index contributed by atoms with van der Waals surface area (Å²) in [5, 5.41) is 2.29. The van der Waals surface area contributed by atoms with Crippen LogP contribution in [-0.2, 0) is 9.59 Å². The highest BCUT2D eigenvalue weighted by atomic mass is 19.1. The minimum absolute atomic E-state index is 0.248. The van der Waals surface area contributed by atoms with Gasteiger partial charge in [0, 0.05) is 18.3 Å². The van der Waals surface area contributed by atoms with Crippen LogP contribution < -0.4 is 15.0 Å². The van der Waals surface area contributed by atoms with Gasteiger partial charge in [-0.15, -0.1) is 0 Å². The molecule has 2 amide bonds. The fraction of sp³-hybridized carbons (Fsp3) is 0.278. The summed E-state index contributed by atoms with van der Waals surface area (Å²) in [5.41, 5.74) is -2.18. The van der Waals surface area contributed by atoms with Crippen molar-refractivity contribution in [3.8, 4) is 5.75 Å². The average Bonchev–Trinajstić information content (AvgIpc) is 2.58. The molecule has 1 N–H and O–H groups in total. The lowest BCUT2D eigenvalue weighted by atomic mass is 9.99. The number of rotatable bonds is 3. The second kappa shape index (κ2) is 6.36. The van der Waals surface area contributed by atoms with Gasteiger partial charge in [-0.1, -0.05) is 0 Å². The Hall–Kier alpha value is -3.03. The van der Waals surface area contributed by atoms with Crippen LogP contribution in [0, 0.1) is 11.6 Å². The Morgan fingerprint density at radius 3 is 2.69 bits per heavy atom. The van der Waals surface area contributed by atoms with Crippen LogP contribution in [-0.4, -0.2) is 28.4 Å². The van der Waals surface area contributed by atoms with E-state index in [2.05, 4.69) is 10.3 Å². The Morgan fingerprint density at radius 1 is 1.31 bits per heavy atom. The molecule has 8 heteroatoms. The third kappa shape index (κ3) is 2.87. The maximum atomic E-state index is 13.8. The van der Waals surface area contributed by atoms with E-state index in [0.29, 0.717) is 11.9 Å². The van der Waals surface area contributed by atoms with E-state index in [1.54, 1.807) is 26.0 Å². The van der Waals surface area contributed by atoms with Crippen LogP contribution in [0.25, 0.3) is 0 Å². The Balaban J connectivity index is 1.98. The number of amides is 2. The number of nitrogens with one attached hydrogen (secondary N) is 1. The number of nitrogens with zero attached hydrogens (tertiary/aromatic N) is 2. The first-order chi connectivity index (χ1) is 12.2. The number of hydrogen-bond acceptors (Lipinski definition) is 4. The summed E-state index contributed by atoms with van der Waals surface area (Å²) in [5.74, 6) is -2.65. The maximum Gasteiger partial charge on any atom is 0.282 e. The zero-order valence-electron chi connectivity index (χ0n) is 14.4. The molecule has 0 fully saturated rings. The van der Waals surface area contributed by atoms with E-state index < -0.39 is 29.0 Å². The zero-order valence-corrected chi connectivity index (χ0v) is 14.4. The van der Waals surface area contributed by atoms with Crippen molar-refractivity contribution in [2.24, 2.45) is 0 Å². The summed E-state index contributed by atoms with van der Waals surface area (Å²) < 4.78 is 32.5. The summed E-state index contributed by atoms with van der Waals surface area (Å²) in [7, 11) is 0. The summed E-state index contributed by atoms with van der Waals surface area (Å²) in [6.07, 6.45) is 1.52. The molecule has 0 bridgehead atoms. The number of carbonyl (C=O) groups is 2. The van der Waals surface area contributed by atoms with Crippen molar-refractivity contribution in [2.45, 2.75) is 32.4 Å². The molecular formula is C18H17F2N3O3. The van der Waals surface area contributed by atoms with Gasteiger partial charge in [-0.25, -0.2) is 13.8 Å². The fourth-order valence-corrected chi connectivity index (χ4v) is 2.69. The Labute approximate surface area is 148 Å². The molecular weight excluding hydrogens is 344 g/mol. The average molecular weight is 361 g/mol. The Morgan fingerprint density at radius 2 is 2.04 bits per heavy atom. The predicted octanol–water partition coefficient (Wildman–Crippen LogP) is 2.89. The van der Waals surface area contributed by atoms with Gasteiger partial charge in [0.15, 0.2) is 11.6 Å². The van der Waals surface area contributed by atoms with E-state index >= 15 is 0 Å². The van der Waals surface area contributed by atoms with Crippen molar-refractivity contribution >= 4 is 23.3 Å². The molecule has 26 heavy (non-hydrogen) atoms. The lowest BCUT2D eigenvalue weighted by molar-refractivity contribution is -0.145. The molecule has 0 spiro atoms. The van der Waals surface area contributed by atoms with Gasteiger partial charge in [-0.05, 0) is 45.0 Å². The van der Waals surface area contributed by atoms with Gasteiger partial charge < -0.3 is 10.1 Å². The molecule has 1 aromatic heterocycles. The third-order valence-corrected chi connectivity index (χ3v) is 4.05. The number of pyridine rings is 1. The SMILES string of the molecule is CC(C)N1C(=O)C(C)(C(=O)Nc2ccc(F)cc2F)Oc2cccnc21. The molecule has 3 rings (SSSR count). The quantitative estimate of drug-likeness (QED) is 0.854. The normalized spacial score (nSPS) is 19.2. The second-order valence-electron chi connectivity index (χ2n) is 6.31. The summed E-state index contributed by atoms with van der Waals surface area (Å²) >= 11 is 0. The zero-order chi connectivity index (χ0) is 19.1. The standard InChI is InChI=1S/C18H17F2N3O3/c1-10(2)23-15-14(5-4-8-21-15)26-18(3,17(23)25)16(24)22-13-7-6-11(19)9-12(13)20/h4-10H,1-3H3,(H,22,24). The lowest BCUT2D eigenvalue weighted by Crippen LogP contribution is -2.62. The van der Waals surface area contributed by atoms with Crippen LogP contribution >= 0.6 is 0 Å². The van der Waals surface area contributed by atoms with E-state index in [4.69, 9.17) is 4.74 Å². The van der Waals surface area contributed by atoms with Crippen molar-refractivity contribution in [3.05, 3.63) is 48.2 Å². The molecule has 1 aliphatic rings. The molecule has 0 saturated carbocycles. The van der Waals surface area contributed by atoms with Crippen LogP contribution in [0.1, 0.15) is 20.8 Å². The monoisotopic (exact) mass is 361 g/mol. The molecule has 2 heterocycles. The molecule has 2 aromatic rings. The Bertz CT molecular complexity index is 888. The van der Waals surface area contributed by atoms with Crippen LogP contribution in [0.5, 0.6) is 5.75 Å². The first-order valence-corrected chi connectivity index (χ1v) is 7.98. The molecule has 0 radical (unpaired) electrons. The largest absolute Gasteiger partial charge is 0.464 e. The second-order valence-corrected chi connectivity index (χ2v) is 6.31. The van der Waals surface area contributed by atoms with E-state index in [0.717, 1.165) is 12.1 Å². The van der Waals surface area contributed by atoms with Crippen LogP contribution in [0.2, 0.25) is 0 Å². The summed E-state index contributed by atoms with van der Waals surface area (Å²) in [6.45, 7) is 4.86. The fourth-order valence-electron chi connectivity index (χ4n) is 2.69. The van der Waals surface area contributed by atoms with Crippen LogP contribution in [0.15, 0.2) is 36.5 Å². The van der Waals surface area contributed by atoms with Crippen LogP contribution in [0.4, 0.5) is 20.3 Å². The smallest absolute Gasteiger partial charge is 0.282 e. The minimum Gasteiger partial charge on any atom is -0.464 e. The highest BCUT2D eigenvalue weighted by molar-refractivity contribution is 6.19. The highest BCUT2D eigenvalue weighted by Gasteiger charge is 2.52. The van der Waals surface area contributed by atoms with Gasteiger partial charge in [0.2, 0.25) is 0 Å². The number of halogens is 2. The van der Waals surface area contributed by atoms with E-state index in [1.165, 1.54) is 18.0 Å². The molecule has 6 nitrogen and oxygen atoms in total. The van der Waals surface area contributed by atoms with Gasteiger partial charge in [-0.2, -0.15) is 0 Å². The number of hydrogen-bond donors (Lipinski definition) is 1. The highest BCUT2D eigenvalue weighted by Crippen LogP contribution is 2.37. The molecule has 136 valence electrons. The number of carbonyl (C=O) groups excluding carboxylic acids is 2. The maximum absolute atomic E-state index is 13.8. The number of anilines is 2. The van der Waals surface area contributed by atoms with E-state index in [1.807, 2.05) is 0 Å². The van der Waals surface area contributed by atoms with Crippen molar-refractivity contribution in [3.63, 3.8) is 0 Å². The first-order valence-electron chi connectivity index (χ1n) is 7.98. The van der Waals surface area contributed by atoms with Crippen molar-refractivity contribution in [1.82, 2.24) is 4.98 Å². The molecule has 1 aromatic carbocycles. The summed E-state index contributed by atoms with van der Waals surface area (Å²) in [6, 6.07) is 5.65. The van der Waals surface area contributed by atoms with Crippen molar-refractivity contribution in [2.75, 3.05) is 10.2 Å². The number of benzene rings is 1. The van der Waals surface area contributed by atoms with Gasteiger partial charge in [0.05, 0.1) is 5.69 Å². The van der Waals surface area contributed by atoms with Crippen molar-refractivity contribution in [1.29, 1.82) is 0 Å².